The highest BCUT2D eigenvalue weighted by atomic mass is 35.5. The summed E-state index contributed by atoms with van der Waals surface area (Å²) in [7, 11) is 0. The molecule has 1 nitrogen and oxygen atoms in total. The predicted octanol–water partition coefficient (Wildman–Crippen LogP) is 3.55. The van der Waals surface area contributed by atoms with Crippen LogP contribution in [0.4, 0.5) is 4.39 Å². The number of hydrogen-bond donors (Lipinski definition) is 1. The van der Waals surface area contributed by atoms with Gasteiger partial charge in [0.15, 0.2) is 0 Å². The molecule has 0 unspecified atom stereocenters. The molecular weight excluding hydrogens is 237 g/mol. The van der Waals surface area contributed by atoms with Gasteiger partial charge in [-0.3, -0.25) is 0 Å². The second-order valence-electron chi connectivity index (χ2n) is 5.57. The highest BCUT2D eigenvalue weighted by molar-refractivity contribution is 6.30. The van der Waals surface area contributed by atoms with Gasteiger partial charge in [-0.15, -0.1) is 0 Å². The number of halogens is 2. The Morgan fingerprint density at radius 1 is 1.35 bits per heavy atom. The molecule has 2 fully saturated rings. The molecule has 2 saturated carbocycles. The largest absolute Gasteiger partial charge is 0.313 e. The Morgan fingerprint density at radius 3 is 2.76 bits per heavy atom. The van der Waals surface area contributed by atoms with Gasteiger partial charge in [0.25, 0.3) is 0 Å². The van der Waals surface area contributed by atoms with Crippen LogP contribution in [0.1, 0.15) is 31.2 Å². The summed E-state index contributed by atoms with van der Waals surface area (Å²) in [6.07, 6.45) is 5.85. The zero-order chi connectivity index (χ0) is 11.9. The third kappa shape index (κ3) is 2.80. The minimum Gasteiger partial charge on any atom is -0.313 e. The molecule has 0 saturated heterocycles. The van der Waals surface area contributed by atoms with Crippen LogP contribution in [0, 0.1) is 11.2 Å². The van der Waals surface area contributed by atoms with Gasteiger partial charge in [0.05, 0.1) is 0 Å². The Morgan fingerprint density at radius 2 is 2.12 bits per heavy atom. The average Bonchev–Trinajstić information content (AvgIpc) is 3.16. The summed E-state index contributed by atoms with van der Waals surface area (Å²) < 4.78 is 13.7. The molecule has 2 aliphatic rings. The SMILES string of the molecule is Fc1ccc(Cl)cc1CC1(CNC2CC2)CC1. The highest BCUT2D eigenvalue weighted by Gasteiger charge is 2.43. The molecule has 3 heteroatoms. The van der Waals surface area contributed by atoms with E-state index in [1.165, 1.54) is 31.7 Å². The van der Waals surface area contributed by atoms with Gasteiger partial charge in [0.1, 0.15) is 5.82 Å². The van der Waals surface area contributed by atoms with Crippen molar-refractivity contribution in [1.29, 1.82) is 0 Å². The Labute approximate surface area is 106 Å². The van der Waals surface area contributed by atoms with Gasteiger partial charge in [0, 0.05) is 17.6 Å². The van der Waals surface area contributed by atoms with E-state index in [0.717, 1.165) is 24.6 Å². The van der Waals surface area contributed by atoms with Crippen molar-refractivity contribution in [3.05, 3.63) is 34.6 Å². The molecule has 17 heavy (non-hydrogen) atoms. The lowest BCUT2D eigenvalue weighted by Crippen LogP contribution is -2.27. The Hall–Kier alpha value is -0.600. The molecule has 0 atom stereocenters. The van der Waals surface area contributed by atoms with Crippen LogP contribution in [-0.2, 0) is 6.42 Å². The summed E-state index contributed by atoms with van der Waals surface area (Å²) in [6, 6.07) is 5.59. The Bertz CT molecular complexity index is 424. The third-order valence-electron chi connectivity index (χ3n) is 3.87. The monoisotopic (exact) mass is 253 g/mol. The molecule has 0 aliphatic heterocycles. The van der Waals surface area contributed by atoms with Crippen LogP contribution in [0.3, 0.4) is 0 Å². The zero-order valence-corrected chi connectivity index (χ0v) is 10.6. The topological polar surface area (TPSA) is 12.0 Å². The molecule has 0 bridgehead atoms. The van der Waals surface area contributed by atoms with Crippen LogP contribution >= 0.6 is 11.6 Å². The second-order valence-corrected chi connectivity index (χ2v) is 6.00. The van der Waals surface area contributed by atoms with Crippen molar-refractivity contribution in [2.24, 2.45) is 5.41 Å². The summed E-state index contributed by atoms with van der Waals surface area (Å²) in [5.41, 5.74) is 1.07. The van der Waals surface area contributed by atoms with Crippen LogP contribution < -0.4 is 5.32 Å². The number of rotatable bonds is 5. The second kappa shape index (κ2) is 4.25. The van der Waals surface area contributed by atoms with Crippen LogP contribution in [-0.4, -0.2) is 12.6 Å². The van der Waals surface area contributed by atoms with Crippen molar-refractivity contribution in [3.8, 4) is 0 Å². The molecule has 0 aromatic heterocycles. The summed E-state index contributed by atoms with van der Waals surface area (Å²) in [6.45, 7) is 1.03. The van der Waals surface area contributed by atoms with Crippen LogP contribution in [0.5, 0.6) is 0 Å². The van der Waals surface area contributed by atoms with Gasteiger partial charge in [-0.25, -0.2) is 4.39 Å². The van der Waals surface area contributed by atoms with Gasteiger partial charge in [0.2, 0.25) is 0 Å². The smallest absolute Gasteiger partial charge is 0.126 e. The first kappa shape index (κ1) is 11.5. The van der Waals surface area contributed by atoms with Crippen molar-refractivity contribution in [2.45, 2.75) is 38.1 Å². The van der Waals surface area contributed by atoms with Crippen LogP contribution in [0.15, 0.2) is 18.2 Å². The molecule has 1 aromatic carbocycles. The van der Waals surface area contributed by atoms with Crippen LogP contribution in [0.2, 0.25) is 5.02 Å². The lowest BCUT2D eigenvalue weighted by molar-refractivity contribution is 0.444. The van der Waals surface area contributed by atoms with E-state index in [9.17, 15) is 4.39 Å². The molecule has 1 N–H and O–H groups in total. The standard InChI is InChI=1S/C14H17ClFN/c15-11-1-4-13(16)10(7-11)8-14(5-6-14)9-17-12-2-3-12/h1,4,7,12,17H,2-3,5-6,8-9H2. The fourth-order valence-electron chi connectivity index (χ4n) is 2.32. The van der Waals surface area contributed by atoms with Gasteiger partial charge < -0.3 is 5.32 Å². The average molecular weight is 254 g/mol. The first-order valence-electron chi connectivity index (χ1n) is 6.34. The van der Waals surface area contributed by atoms with Crippen molar-refractivity contribution < 1.29 is 4.39 Å². The normalized spacial score (nSPS) is 21.5. The lowest BCUT2D eigenvalue weighted by atomic mass is 9.96. The lowest BCUT2D eigenvalue weighted by Gasteiger charge is -2.16. The molecule has 1 aromatic rings. The number of hydrogen-bond acceptors (Lipinski definition) is 1. The summed E-state index contributed by atoms with van der Waals surface area (Å²) >= 11 is 5.92. The fraction of sp³-hybridized carbons (Fsp3) is 0.571. The summed E-state index contributed by atoms with van der Waals surface area (Å²) in [4.78, 5) is 0. The third-order valence-corrected chi connectivity index (χ3v) is 4.11. The summed E-state index contributed by atoms with van der Waals surface area (Å²) in [5.74, 6) is -0.118. The highest BCUT2D eigenvalue weighted by Crippen LogP contribution is 2.48. The first-order chi connectivity index (χ1) is 8.17. The number of nitrogens with one attached hydrogen (secondary N) is 1. The van der Waals surface area contributed by atoms with Gasteiger partial charge in [-0.05, 0) is 61.3 Å². The van der Waals surface area contributed by atoms with Crippen molar-refractivity contribution in [2.75, 3.05) is 6.54 Å². The van der Waals surface area contributed by atoms with E-state index < -0.39 is 0 Å². The maximum atomic E-state index is 13.7. The molecule has 0 spiro atoms. The molecule has 0 amide bonds. The molecule has 0 radical (unpaired) electrons. The van der Waals surface area contributed by atoms with E-state index in [1.807, 2.05) is 0 Å². The maximum absolute atomic E-state index is 13.7. The van der Waals surface area contributed by atoms with E-state index in [4.69, 9.17) is 11.6 Å². The van der Waals surface area contributed by atoms with Gasteiger partial charge in [-0.1, -0.05) is 11.6 Å². The Balaban J connectivity index is 1.66. The van der Waals surface area contributed by atoms with E-state index in [1.54, 1.807) is 12.1 Å². The van der Waals surface area contributed by atoms with E-state index in [0.29, 0.717) is 10.4 Å². The molecular formula is C14H17ClFN. The number of benzene rings is 1. The Kier molecular flexibility index (Phi) is 2.87. The molecule has 92 valence electrons. The van der Waals surface area contributed by atoms with Gasteiger partial charge in [-0.2, -0.15) is 0 Å². The summed E-state index contributed by atoms with van der Waals surface area (Å²) in [5, 5.41) is 4.19. The first-order valence-corrected chi connectivity index (χ1v) is 6.72. The van der Waals surface area contributed by atoms with Crippen molar-refractivity contribution in [3.63, 3.8) is 0 Å². The molecule has 3 rings (SSSR count). The van der Waals surface area contributed by atoms with Gasteiger partial charge >= 0.3 is 0 Å². The van der Waals surface area contributed by atoms with Crippen LogP contribution in [0.25, 0.3) is 0 Å². The van der Waals surface area contributed by atoms with Crippen molar-refractivity contribution >= 4 is 11.6 Å². The predicted molar refractivity (Wildman–Crippen MR) is 67.8 cm³/mol. The minimum atomic E-state index is -0.118. The quantitative estimate of drug-likeness (QED) is 0.846. The van der Waals surface area contributed by atoms with Crippen molar-refractivity contribution in [1.82, 2.24) is 5.32 Å². The van der Waals surface area contributed by atoms with E-state index in [-0.39, 0.29) is 5.82 Å². The molecule has 0 heterocycles. The maximum Gasteiger partial charge on any atom is 0.126 e. The zero-order valence-electron chi connectivity index (χ0n) is 9.81. The van der Waals surface area contributed by atoms with E-state index >= 15 is 0 Å². The van der Waals surface area contributed by atoms with E-state index in [2.05, 4.69) is 5.32 Å². The minimum absolute atomic E-state index is 0.118. The fourth-order valence-corrected chi connectivity index (χ4v) is 2.52. The molecule has 2 aliphatic carbocycles.